The second-order valence-electron chi connectivity index (χ2n) is 5.73. The summed E-state index contributed by atoms with van der Waals surface area (Å²) < 4.78 is 5.25. The molecule has 1 saturated heterocycles. The van der Waals surface area contributed by atoms with Crippen molar-refractivity contribution in [1.29, 1.82) is 0 Å². The van der Waals surface area contributed by atoms with E-state index in [1.165, 1.54) is 5.56 Å². The van der Waals surface area contributed by atoms with Crippen LogP contribution in [0.5, 0.6) is 5.75 Å². The Morgan fingerprint density at radius 2 is 2.00 bits per heavy atom. The zero-order valence-electron chi connectivity index (χ0n) is 13.4. The summed E-state index contributed by atoms with van der Waals surface area (Å²) in [6, 6.07) is 14.5. The zero-order valence-corrected chi connectivity index (χ0v) is 14.2. The second kappa shape index (κ2) is 6.57. The van der Waals surface area contributed by atoms with Crippen molar-refractivity contribution >= 4 is 16.5 Å². The average molecular weight is 338 g/mol. The van der Waals surface area contributed by atoms with Gasteiger partial charge in [-0.25, -0.2) is 0 Å². The van der Waals surface area contributed by atoms with E-state index in [1.807, 2.05) is 30.3 Å². The Kier molecular flexibility index (Phi) is 4.13. The number of ether oxygens (including phenoxy) is 1. The maximum absolute atomic E-state index is 5.25. The van der Waals surface area contributed by atoms with E-state index in [1.54, 1.807) is 24.6 Å². The van der Waals surface area contributed by atoms with Gasteiger partial charge in [0.15, 0.2) is 5.01 Å². The van der Waals surface area contributed by atoms with Gasteiger partial charge in [-0.15, -0.1) is 10.2 Å². The van der Waals surface area contributed by atoms with Crippen molar-refractivity contribution in [3.63, 3.8) is 0 Å². The van der Waals surface area contributed by atoms with Crippen LogP contribution in [-0.4, -0.2) is 28.8 Å². The molecular formula is C18H18N4OS. The van der Waals surface area contributed by atoms with Gasteiger partial charge >= 0.3 is 0 Å². The van der Waals surface area contributed by atoms with Crippen molar-refractivity contribution in [1.82, 2.24) is 15.2 Å². The van der Waals surface area contributed by atoms with Gasteiger partial charge in [0.05, 0.1) is 13.2 Å². The minimum Gasteiger partial charge on any atom is -0.497 e. The molecule has 0 unspecified atom stereocenters. The molecule has 1 aliphatic heterocycles. The molecule has 122 valence electrons. The van der Waals surface area contributed by atoms with Crippen LogP contribution in [0.4, 0.5) is 5.13 Å². The Labute approximate surface area is 145 Å². The SMILES string of the molecule is COc1ccc([C@H]2CCCN2c2nnc(-c3ccccn3)s2)cc1. The van der Waals surface area contributed by atoms with Crippen LogP contribution in [0.2, 0.25) is 0 Å². The molecule has 0 spiro atoms. The van der Waals surface area contributed by atoms with Crippen LogP contribution in [0.15, 0.2) is 48.7 Å². The van der Waals surface area contributed by atoms with E-state index in [0.29, 0.717) is 6.04 Å². The van der Waals surface area contributed by atoms with Gasteiger partial charge in [-0.3, -0.25) is 4.98 Å². The molecular weight excluding hydrogens is 320 g/mol. The fourth-order valence-corrected chi connectivity index (χ4v) is 3.99. The highest BCUT2D eigenvalue weighted by Gasteiger charge is 2.29. The quantitative estimate of drug-likeness (QED) is 0.721. The van der Waals surface area contributed by atoms with Crippen LogP contribution in [-0.2, 0) is 0 Å². The lowest BCUT2D eigenvalue weighted by molar-refractivity contribution is 0.414. The van der Waals surface area contributed by atoms with Crippen LogP contribution in [0.3, 0.4) is 0 Å². The highest BCUT2D eigenvalue weighted by Crippen LogP contribution is 2.39. The topological polar surface area (TPSA) is 51.1 Å². The maximum Gasteiger partial charge on any atom is 0.209 e. The van der Waals surface area contributed by atoms with Crippen LogP contribution in [0, 0.1) is 0 Å². The third-order valence-corrected chi connectivity index (χ3v) is 5.28. The van der Waals surface area contributed by atoms with Crippen LogP contribution >= 0.6 is 11.3 Å². The van der Waals surface area contributed by atoms with Gasteiger partial charge in [0, 0.05) is 12.7 Å². The molecule has 1 atom stereocenters. The first-order valence-corrected chi connectivity index (χ1v) is 8.82. The first-order valence-electron chi connectivity index (χ1n) is 8.00. The van der Waals surface area contributed by atoms with E-state index in [4.69, 9.17) is 4.74 Å². The van der Waals surface area contributed by atoms with Crippen molar-refractivity contribution < 1.29 is 4.74 Å². The summed E-state index contributed by atoms with van der Waals surface area (Å²) >= 11 is 1.61. The fraction of sp³-hybridized carbons (Fsp3) is 0.278. The number of methoxy groups -OCH3 is 1. The van der Waals surface area contributed by atoms with E-state index in [2.05, 4.69) is 32.2 Å². The molecule has 4 rings (SSSR count). The van der Waals surface area contributed by atoms with Gasteiger partial charge in [0.2, 0.25) is 5.13 Å². The lowest BCUT2D eigenvalue weighted by atomic mass is 10.0. The Balaban J connectivity index is 1.60. The number of benzene rings is 1. The highest BCUT2D eigenvalue weighted by molar-refractivity contribution is 7.18. The highest BCUT2D eigenvalue weighted by atomic mass is 32.1. The maximum atomic E-state index is 5.25. The lowest BCUT2D eigenvalue weighted by Crippen LogP contribution is -2.22. The Hall–Kier alpha value is -2.47. The molecule has 1 aromatic carbocycles. The number of aromatic nitrogens is 3. The monoisotopic (exact) mass is 338 g/mol. The van der Waals surface area contributed by atoms with E-state index in [-0.39, 0.29) is 0 Å². The zero-order chi connectivity index (χ0) is 16.4. The normalized spacial score (nSPS) is 17.2. The molecule has 0 saturated carbocycles. The molecule has 1 fully saturated rings. The predicted molar refractivity (Wildman–Crippen MR) is 95.5 cm³/mol. The minimum absolute atomic E-state index is 0.348. The molecule has 0 aliphatic carbocycles. The van der Waals surface area contributed by atoms with Gasteiger partial charge in [0.25, 0.3) is 0 Å². The number of anilines is 1. The van der Waals surface area contributed by atoms with Gasteiger partial charge < -0.3 is 9.64 Å². The molecule has 0 bridgehead atoms. The minimum atomic E-state index is 0.348. The van der Waals surface area contributed by atoms with Gasteiger partial charge in [-0.2, -0.15) is 0 Å². The molecule has 1 aliphatic rings. The molecule has 3 heterocycles. The van der Waals surface area contributed by atoms with E-state index in [0.717, 1.165) is 41.0 Å². The van der Waals surface area contributed by atoms with Crippen LogP contribution in [0.25, 0.3) is 10.7 Å². The predicted octanol–water partition coefficient (Wildman–Crippen LogP) is 3.95. The number of pyridine rings is 1. The third kappa shape index (κ3) is 2.85. The summed E-state index contributed by atoms with van der Waals surface area (Å²) in [6.45, 7) is 1.01. The number of hydrogen-bond donors (Lipinski definition) is 0. The Morgan fingerprint density at radius 3 is 2.75 bits per heavy atom. The van der Waals surface area contributed by atoms with E-state index < -0.39 is 0 Å². The fourth-order valence-electron chi connectivity index (χ4n) is 3.09. The van der Waals surface area contributed by atoms with E-state index >= 15 is 0 Å². The molecule has 2 aromatic heterocycles. The Morgan fingerprint density at radius 1 is 1.12 bits per heavy atom. The molecule has 0 N–H and O–H groups in total. The first-order chi connectivity index (χ1) is 11.8. The second-order valence-corrected chi connectivity index (χ2v) is 6.69. The lowest BCUT2D eigenvalue weighted by Gasteiger charge is -2.24. The van der Waals surface area contributed by atoms with Crippen molar-refractivity contribution in [2.24, 2.45) is 0 Å². The van der Waals surface area contributed by atoms with E-state index in [9.17, 15) is 0 Å². The van der Waals surface area contributed by atoms with Gasteiger partial charge in [-0.05, 0) is 42.7 Å². The molecule has 6 heteroatoms. The number of rotatable bonds is 4. The number of nitrogens with zero attached hydrogens (tertiary/aromatic N) is 4. The molecule has 5 nitrogen and oxygen atoms in total. The largest absolute Gasteiger partial charge is 0.497 e. The van der Waals surface area contributed by atoms with Crippen LogP contribution in [0.1, 0.15) is 24.4 Å². The standard InChI is InChI=1S/C18H18N4OS/c1-23-14-9-7-13(8-10-14)16-6-4-12-22(16)18-21-20-17(24-18)15-5-2-3-11-19-15/h2-3,5,7-11,16H,4,6,12H2,1H3/t16-/m1/s1. The summed E-state index contributed by atoms with van der Waals surface area (Å²) in [5.74, 6) is 0.886. The third-order valence-electron chi connectivity index (χ3n) is 4.30. The summed E-state index contributed by atoms with van der Waals surface area (Å²) in [5, 5.41) is 10.6. The molecule has 0 amide bonds. The summed E-state index contributed by atoms with van der Waals surface area (Å²) in [5.41, 5.74) is 2.17. The van der Waals surface area contributed by atoms with Crippen molar-refractivity contribution in [2.45, 2.75) is 18.9 Å². The van der Waals surface area contributed by atoms with Gasteiger partial charge in [-0.1, -0.05) is 29.5 Å². The molecule has 0 radical (unpaired) electrons. The van der Waals surface area contributed by atoms with Crippen molar-refractivity contribution in [3.8, 4) is 16.5 Å². The molecule has 3 aromatic rings. The average Bonchev–Trinajstić information content (AvgIpc) is 3.32. The summed E-state index contributed by atoms with van der Waals surface area (Å²) in [7, 11) is 1.69. The smallest absolute Gasteiger partial charge is 0.209 e. The first kappa shape index (κ1) is 15.1. The summed E-state index contributed by atoms with van der Waals surface area (Å²) in [4.78, 5) is 6.71. The molecule has 24 heavy (non-hydrogen) atoms. The van der Waals surface area contributed by atoms with Crippen molar-refractivity contribution in [2.75, 3.05) is 18.6 Å². The van der Waals surface area contributed by atoms with Crippen molar-refractivity contribution in [3.05, 3.63) is 54.2 Å². The number of hydrogen-bond acceptors (Lipinski definition) is 6. The van der Waals surface area contributed by atoms with Crippen LogP contribution < -0.4 is 9.64 Å². The summed E-state index contributed by atoms with van der Waals surface area (Å²) in [6.07, 6.45) is 4.08. The van der Waals surface area contributed by atoms with Gasteiger partial charge in [0.1, 0.15) is 11.4 Å². The Bertz CT molecular complexity index is 803.